The van der Waals surface area contributed by atoms with Crippen LogP contribution in [0.3, 0.4) is 0 Å². The van der Waals surface area contributed by atoms with E-state index < -0.39 is 0 Å². The monoisotopic (exact) mass is 237 g/mol. The van der Waals surface area contributed by atoms with Crippen molar-refractivity contribution >= 4 is 0 Å². The van der Waals surface area contributed by atoms with Crippen LogP contribution in [0.1, 0.15) is 18.9 Å². The third-order valence-corrected chi connectivity index (χ3v) is 2.69. The van der Waals surface area contributed by atoms with Gasteiger partial charge in [0.05, 0.1) is 12.7 Å². The summed E-state index contributed by atoms with van der Waals surface area (Å²) in [4.78, 5) is 0. The normalized spacial score (nSPS) is 14.5. The summed E-state index contributed by atoms with van der Waals surface area (Å²) in [6.45, 7) is 3.32. The molecule has 1 aromatic rings. The molecule has 0 aromatic heterocycles. The van der Waals surface area contributed by atoms with Gasteiger partial charge < -0.3 is 15.2 Å². The van der Waals surface area contributed by atoms with Crippen LogP contribution < -0.4 is 5.32 Å². The van der Waals surface area contributed by atoms with Crippen LogP contribution in [0.2, 0.25) is 0 Å². The molecule has 0 radical (unpaired) electrons. The first kappa shape index (κ1) is 14.2. The molecule has 0 saturated carbocycles. The maximum absolute atomic E-state index is 9.21. The molecule has 1 rings (SSSR count). The first-order valence-corrected chi connectivity index (χ1v) is 6.16. The molecule has 0 fully saturated rings. The second-order valence-corrected chi connectivity index (χ2v) is 4.43. The maximum atomic E-state index is 9.21. The van der Waals surface area contributed by atoms with Crippen molar-refractivity contribution in [2.24, 2.45) is 0 Å². The van der Waals surface area contributed by atoms with Crippen molar-refractivity contribution in [2.45, 2.75) is 31.9 Å². The molecule has 0 amide bonds. The van der Waals surface area contributed by atoms with Crippen molar-refractivity contribution in [2.75, 3.05) is 20.3 Å². The standard InChI is InChI=1S/C14H23NO2/c1-12(16)8-9-15-14(11-17-2)10-13-6-4-3-5-7-13/h3-7,12,14-16H,8-11H2,1-2H3. The van der Waals surface area contributed by atoms with Crippen molar-refractivity contribution in [3.8, 4) is 0 Å². The van der Waals surface area contributed by atoms with Crippen LogP contribution in [0.15, 0.2) is 30.3 Å². The highest BCUT2D eigenvalue weighted by Gasteiger charge is 2.08. The smallest absolute Gasteiger partial charge is 0.0619 e. The van der Waals surface area contributed by atoms with Gasteiger partial charge in [0, 0.05) is 13.2 Å². The molecule has 3 heteroatoms. The van der Waals surface area contributed by atoms with Gasteiger partial charge in [-0.2, -0.15) is 0 Å². The van der Waals surface area contributed by atoms with Crippen LogP contribution >= 0.6 is 0 Å². The fraction of sp³-hybridized carbons (Fsp3) is 0.571. The predicted octanol–water partition coefficient (Wildman–Crippen LogP) is 1.60. The lowest BCUT2D eigenvalue weighted by atomic mass is 10.1. The molecule has 0 saturated heterocycles. The number of rotatable bonds is 8. The Bertz CT molecular complexity index is 288. The highest BCUT2D eigenvalue weighted by atomic mass is 16.5. The summed E-state index contributed by atoms with van der Waals surface area (Å²) < 4.78 is 5.21. The minimum Gasteiger partial charge on any atom is -0.393 e. The van der Waals surface area contributed by atoms with Crippen LogP contribution in [0, 0.1) is 0 Å². The molecule has 0 aliphatic carbocycles. The first-order valence-electron chi connectivity index (χ1n) is 6.16. The van der Waals surface area contributed by atoms with E-state index >= 15 is 0 Å². The molecular weight excluding hydrogens is 214 g/mol. The summed E-state index contributed by atoms with van der Waals surface area (Å²) in [6, 6.07) is 10.7. The summed E-state index contributed by atoms with van der Waals surface area (Å²) in [7, 11) is 1.72. The molecule has 0 bridgehead atoms. The van der Waals surface area contributed by atoms with Gasteiger partial charge in [-0.1, -0.05) is 30.3 Å². The van der Waals surface area contributed by atoms with E-state index in [1.807, 2.05) is 13.0 Å². The number of ether oxygens (including phenoxy) is 1. The molecular formula is C14H23NO2. The Morgan fingerprint density at radius 3 is 2.59 bits per heavy atom. The third kappa shape index (κ3) is 6.41. The van der Waals surface area contributed by atoms with Crippen molar-refractivity contribution < 1.29 is 9.84 Å². The lowest BCUT2D eigenvalue weighted by Gasteiger charge is -2.18. The number of benzene rings is 1. The summed E-state index contributed by atoms with van der Waals surface area (Å²) in [5, 5.41) is 12.6. The lowest BCUT2D eigenvalue weighted by Crippen LogP contribution is -2.36. The number of aliphatic hydroxyl groups excluding tert-OH is 1. The summed E-state index contributed by atoms with van der Waals surface area (Å²) in [5.74, 6) is 0. The molecule has 1 aromatic carbocycles. The Morgan fingerprint density at radius 1 is 1.29 bits per heavy atom. The highest BCUT2D eigenvalue weighted by Crippen LogP contribution is 2.03. The average Bonchev–Trinajstić information content (AvgIpc) is 2.30. The minimum atomic E-state index is -0.248. The molecule has 96 valence electrons. The lowest BCUT2D eigenvalue weighted by molar-refractivity contribution is 0.155. The zero-order chi connectivity index (χ0) is 12.5. The Kier molecular flexibility index (Phi) is 6.86. The van der Waals surface area contributed by atoms with E-state index in [4.69, 9.17) is 4.74 Å². The van der Waals surface area contributed by atoms with Crippen molar-refractivity contribution in [1.29, 1.82) is 0 Å². The number of methoxy groups -OCH3 is 1. The van der Waals surface area contributed by atoms with Gasteiger partial charge in [0.2, 0.25) is 0 Å². The van der Waals surface area contributed by atoms with Crippen LogP contribution in [0.5, 0.6) is 0 Å². The van der Waals surface area contributed by atoms with Gasteiger partial charge in [0.25, 0.3) is 0 Å². The predicted molar refractivity (Wildman–Crippen MR) is 70.1 cm³/mol. The van der Waals surface area contributed by atoms with Gasteiger partial charge in [0.1, 0.15) is 0 Å². The third-order valence-electron chi connectivity index (χ3n) is 2.69. The Hall–Kier alpha value is -0.900. The maximum Gasteiger partial charge on any atom is 0.0619 e. The summed E-state index contributed by atoms with van der Waals surface area (Å²) in [6.07, 6.45) is 1.48. The van der Waals surface area contributed by atoms with Gasteiger partial charge in [-0.3, -0.25) is 0 Å². The van der Waals surface area contributed by atoms with Crippen molar-refractivity contribution in [3.63, 3.8) is 0 Å². The molecule has 2 N–H and O–H groups in total. The van der Waals surface area contributed by atoms with Gasteiger partial charge in [0.15, 0.2) is 0 Å². The molecule has 17 heavy (non-hydrogen) atoms. The van der Waals surface area contributed by atoms with Crippen LogP contribution in [-0.4, -0.2) is 37.5 Å². The molecule has 0 aliphatic heterocycles. The zero-order valence-corrected chi connectivity index (χ0v) is 10.7. The van der Waals surface area contributed by atoms with E-state index in [1.165, 1.54) is 5.56 Å². The molecule has 0 heterocycles. The van der Waals surface area contributed by atoms with Gasteiger partial charge in [-0.15, -0.1) is 0 Å². The number of nitrogens with one attached hydrogen (secondary N) is 1. The van der Waals surface area contributed by atoms with Gasteiger partial charge in [-0.25, -0.2) is 0 Å². The van der Waals surface area contributed by atoms with E-state index in [0.717, 1.165) is 19.4 Å². The Labute approximate surface area is 104 Å². The van der Waals surface area contributed by atoms with E-state index in [2.05, 4.69) is 29.6 Å². The van der Waals surface area contributed by atoms with Crippen molar-refractivity contribution in [3.05, 3.63) is 35.9 Å². The van der Waals surface area contributed by atoms with Crippen molar-refractivity contribution in [1.82, 2.24) is 5.32 Å². The summed E-state index contributed by atoms with van der Waals surface area (Å²) >= 11 is 0. The summed E-state index contributed by atoms with van der Waals surface area (Å²) in [5.41, 5.74) is 1.30. The largest absolute Gasteiger partial charge is 0.393 e. The van der Waals surface area contributed by atoms with E-state index in [1.54, 1.807) is 7.11 Å². The highest BCUT2D eigenvalue weighted by molar-refractivity contribution is 5.15. The fourth-order valence-corrected chi connectivity index (χ4v) is 1.79. The SMILES string of the molecule is COCC(Cc1ccccc1)NCCC(C)O. The second-order valence-electron chi connectivity index (χ2n) is 4.43. The topological polar surface area (TPSA) is 41.5 Å². The molecule has 2 unspecified atom stereocenters. The quantitative estimate of drug-likeness (QED) is 0.721. The number of hydrogen-bond acceptors (Lipinski definition) is 3. The van der Waals surface area contributed by atoms with Gasteiger partial charge in [-0.05, 0) is 31.9 Å². The molecule has 2 atom stereocenters. The Morgan fingerprint density at radius 2 is 2.00 bits per heavy atom. The van der Waals surface area contributed by atoms with Crippen LogP contribution in [-0.2, 0) is 11.2 Å². The van der Waals surface area contributed by atoms with Gasteiger partial charge >= 0.3 is 0 Å². The van der Waals surface area contributed by atoms with Crippen LogP contribution in [0.25, 0.3) is 0 Å². The Balaban J connectivity index is 2.37. The molecule has 3 nitrogen and oxygen atoms in total. The first-order chi connectivity index (χ1) is 8.22. The average molecular weight is 237 g/mol. The minimum absolute atomic E-state index is 0.248. The van der Waals surface area contributed by atoms with E-state index in [0.29, 0.717) is 12.6 Å². The van der Waals surface area contributed by atoms with E-state index in [-0.39, 0.29) is 6.10 Å². The number of aliphatic hydroxyl groups is 1. The zero-order valence-electron chi connectivity index (χ0n) is 10.7. The molecule has 0 spiro atoms. The van der Waals surface area contributed by atoms with E-state index in [9.17, 15) is 5.11 Å². The molecule has 0 aliphatic rings. The van der Waals surface area contributed by atoms with Crippen LogP contribution in [0.4, 0.5) is 0 Å². The fourth-order valence-electron chi connectivity index (χ4n) is 1.79. The second kappa shape index (κ2) is 8.23. The number of hydrogen-bond donors (Lipinski definition) is 2.